The van der Waals surface area contributed by atoms with Gasteiger partial charge in [0.05, 0.1) is 5.54 Å². The van der Waals surface area contributed by atoms with Crippen molar-refractivity contribution in [2.45, 2.75) is 66.8 Å². The lowest BCUT2D eigenvalue weighted by Gasteiger charge is -2.24. The number of rotatable bonds is 13. The second kappa shape index (κ2) is 24.8. The average molecular weight is 808 g/mol. The van der Waals surface area contributed by atoms with Gasteiger partial charge in [-0.3, -0.25) is 0 Å². The van der Waals surface area contributed by atoms with Crippen LogP contribution in [0.3, 0.4) is 0 Å². The Kier molecular flexibility index (Phi) is 20.0. The van der Waals surface area contributed by atoms with Gasteiger partial charge in [0.1, 0.15) is 0 Å². The largest absolute Gasteiger partial charge is 0.399 e. The van der Waals surface area contributed by atoms with Gasteiger partial charge in [-0.1, -0.05) is 202 Å². The zero-order chi connectivity index (χ0) is 44.8. The van der Waals surface area contributed by atoms with Gasteiger partial charge < -0.3 is 16.8 Å². The molecule has 6 rings (SSSR count). The summed E-state index contributed by atoms with van der Waals surface area (Å²) >= 11 is 0. The maximum atomic E-state index is 6.43. The molecule has 0 saturated heterocycles. The topological polar surface area (TPSA) is 64.1 Å². The molecule has 61 heavy (non-hydrogen) atoms. The number of terminal acetylenes is 1. The first kappa shape index (κ1) is 49.2. The summed E-state index contributed by atoms with van der Waals surface area (Å²) in [5.41, 5.74) is 27.3. The molecule has 3 heteroatoms. The minimum atomic E-state index is -0.331. The molecule has 2 atom stereocenters. The van der Waals surface area contributed by atoms with Crippen LogP contribution in [-0.2, 0) is 0 Å². The molecule has 0 saturated carbocycles. The summed E-state index contributed by atoms with van der Waals surface area (Å²) in [6.07, 6.45) is 52.4. The Morgan fingerprint density at radius 3 is 2.33 bits per heavy atom. The number of allylic oxidation sites excluding steroid dienone is 22. The van der Waals surface area contributed by atoms with Crippen LogP contribution in [0.5, 0.6) is 0 Å². The van der Waals surface area contributed by atoms with Gasteiger partial charge >= 0.3 is 0 Å². The summed E-state index contributed by atoms with van der Waals surface area (Å²) in [6, 6.07) is 18.7. The highest BCUT2D eigenvalue weighted by Gasteiger charge is 2.44. The third kappa shape index (κ3) is 13.9. The zero-order valence-corrected chi connectivity index (χ0v) is 38.0. The molecule has 4 aliphatic rings. The Bertz CT molecular complexity index is 2270. The van der Waals surface area contributed by atoms with E-state index < -0.39 is 0 Å². The Hall–Kier alpha value is -6.18. The fourth-order valence-corrected chi connectivity index (χ4v) is 7.70. The molecule has 0 radical (unpaired) electrons. The molecule has 0 heterocycles. The number of nitrogens with two attached hydrogens (primary N) is 2. The number of likely N-dealkylation sites (N-methyl/N-ethyl adjacent to an activating group) is 1. The number of hydrogen-bond acceptors (Lipinski definition) is 3. The Labute approximate surface area is 369 Å². The van der Waals surface area contributed by atoms with Gasteiger partial charge in [0.15, 0.2) is 0 Å². The van der Waals surface area contributed by atoms with E-state index in [0.717, 1.165) is 30.7 Å². The van der Waals surface area contributed by atoms with Crippen molar-refractivity contribution in [3.8, 4) is 12.8 Å². The Balaban J connectivity index is 0.000000240. The smallest absolute Gasteiger partial charge is 0.0576 e. The van der Waals surface area contributed by atoms with Gasteiger partial charge in [0.25, 0.3) is 0 Å². The molecular formula is C58H69N3. The highest BCUT2D eigenvalue weighted by Crippen LogP contribution is 2.53. The normalized spacial score (nSPS) is 20.5. The van der Waals surface area contributed by atoms with Crippen molar-refractivity contribution in [2.24, 2.45) is 22.8 Å². The monoisotopic (exact) mass is 808 g/mol. The molecule has 316 valence electrons. The number of benzene rings is 2. The molecular weight excluding hydrogens is 739 g/mol. The van der Waals surface area contributed by atoms with Crippen molar-refractivity contribution in [1.29, 1.82) is 0 Å². The van der Waals surface area contributed by atoms with E-state index in [4.69, 9.17) is 11.5 Å². The minimum Gasteiger partial charge on any atom is -0.399 e. The summed E-state index contributed by atoms with van der Waals surface area (Å²) in [6.45, 7) is 19.7. The molecule has 2 aromatic rings. The number of hydrogen-bond donors (Lipinski definition) is 3. The lowest BCUT2D eigenvalue weighted by Crippen LogP contribution is -2.36. The van der Waals surface area contributed by atoms with Crippen LogP contribution in [-0.4, -0.2) is 19.1 Å². The van der Waals surface area contributed by atoms with Crippen LogP contribution in [0.2, 0.25) is 0 Å². The van der Waals surface area contributed by atoms with Gasteiger partial charge in [-0.15, -0.1) is 12.8 Å². The Morgan fingerprint density at radius 1 is 0.967 bits per heavy atom. The van der Waals surface area contributed by atoms with Gasteiger partial charge in [-0.05, 0) is 110 Å². The van der Waals surface area contributed by atoms with Gasteiger partial charge in [-0.2, -0.15) is 0 Å². The number of nitrogens with one attached hydrogen (secondary N) is 1. The van der Waals surface area contributed by atoms with Crippen LogP contribution in [0.15, 0.2) is 221 Å². The maximum Gasteiger partial charge on any atom is 0.0576 e. The molecule has 4 aliphatic carbocycles. The third-order valence-electron chi connectivity index (χ3n) is 10.9. The van der Waals surface area contributed by atoms with Crippen LogP contribution in [0.1, 0.15) is 71.1 Å². The highest BCUT2D eigenvalue weighted by molar-refractivity contribution is 5.68. The fourth-order valence-electron chi connectivity index (χ4n) is 7.70. The SMILES string of the molecule is C#C.C/C=C\C1=C(CNC)C2=C(C=CC2(C)N)C1(C)C.C/C=C\C=C/C/C=C(\N)C1=CC(C2=CC=CC2)C=C1.C=C/C=C(\C=C/c1ccccc1)C(/C)=C/c1ccccc1C. The average Bonchev–Trinajstić information content (AvgIpc) is 4.07. The molecule has 2 aromatic carbocycles. The highest BCUT2D eigenvalue weighted by atomic mass is 14.8. The van der Waals surface area contributed by atoms with Crippen molar-refractivity contribution in [3.05, 3.63) is 238 Å². The second-order valence-corrected chi connectivity index (χ2v) is 16.0. The molecule has 0 aromatic heterocycles. The van der Waals surface area contributed by atoms with E-state index in [2.05, 4.69) is 194 Å². The molecule has 0 bridgehead atoms. The van der Waals surface area contributed by atoms with Gasteiger partial charge in [-0.25, -0.2) is 0 Å². The predicted molar refractivity (Wildman–Crippen MR) is 270 cm³/mol. The summed E-state index contributed by atoms with van der Waals surface area (Å²) in [5, 5.41) is 3.28. The first-order chi connectivity index (χ1) is 29.4. The predicted octanol–water partition coefficient (Wildman–Crippen LogP) is 13.5. The van der Waals surface area contributed by atoms with Crippen LogP contribution >= 0.6 is 0 Å². The van der Waals surface area contributed by atoms with E-state index in [1.54, 1.807) is 0 Å². The molecule has 3 nitrogen and oxygen atoms in total. The van der Waals surface area contributed by atoms with Crippen LogP contribution in [0, 0.1) is 31.1 Å². The summed E-state index contributed by atoms with van der Waals surface area (Å²) in [5.74, 6) is 0.426. The minimum absolute atomic E-state index is 0.0572. The summed E-state index contributed by atoms with van der Waals surface area (Å²) in [7, 11) is 1.99. The number of aryl methyl sites for hydroxylation is 1. The quantitative estimate of drug-likeness (QED) is 0.140. The summed E-state index contributed by atoms with van der Waals surface area (Å²) < 4.78 is 0. The van der Waals surface area contributed by atoms with E-state index in [0.29, 0.717) is 5.92 Å². The Morgan fingerprint density at radius 2 is 1.69 bits per heavy atom. The first-order valence-electron chi connectivity index (χ1n) is 21.2. The molecule has 0 aliphatic heterocycles. The lowest BCUT2D eigenvalue weighted by molar-refractivity contribution is 0.574. The standard InChI is InChI=1S/C22H22.C18H21N.C16H24N2.C2H2/c1-4-10-21(16-15-20-12-6-5-7-13-20)19(3)17-22-14-9-8-11-18(22)2;1-2-3-4-5-6-11-18(19)17-13-12-16(14-17)15-9-7-8-10-15;1-6-7-12-11(10-18-5)14-13(15(12,2)3)8-9-16(14,4)17;1-2/h4-17H,1H2,2-3H3;2-5,7-9,11-14,16H,6,10,19H2,1H3;6-9,18H,10,17H2,1-5H3;1-2H/b16-15-,19-17+,21-10+;3-2-,5-4-,18-11-;7-6-;. The second-order valence-electron chi connectivity index (χ2n) is 16.0. The molecule has 0 spiro atoms. The van der Waals surface area contributed by atoms with Crippen molar-refractivity contribution in [2.75, 3.05) is 13.6 Å². The van der Waals surface area contributed by atoms with Gasteiger partial charge in [0.2, 0.25) is 0 Å². The van der Waals surface area contributed by atoms with Crippen LogP contribution in [0.25, 0.3) is 12.2 Å². The van der Waals surface area contributed by atoms with Crippen LogP contribution in [0.4, 0.5) is 0 Å². The van der Waals surface area contributed by atoms with Crippen LogP contribution < -0.4 is 16.8 Å². The van der Waals surface area contributed by atoms with Crippen molar-refractivity contribution >= 4 is 12.2 Å². The molecule has 2 unspecified atom stereocenters. The fraction of sp³-hybridized carbons (Fsp3) is 0.241. The molecule has 0 fully saturated rings. The molecule has 5 N–H and O–H groups in total. The van der Waals surface area contributed by atoms with E-state index in [1.165, 1.54) is 55.7 Å². The van der Waals surface area contributed by atoms with E-state index >= 15 is 0 Å². The van der Waals surface area contributed by atoms with E-state index in [-0.39, 0.29) is 11.0 Å². The first-order valence-corrected chi connectivity index (χ1v) is 21.2. The third-order valence-corrected chi connectivity index (χ3v) is 10.9. The van der Waals surface area contributed by atoms with E-state index in [1.807, 2.05) is 62.6 Å². The summed E-state index contributed by atoms with van der Waals surface area (Å²) in [4.78, 5) is 0. The maximum absolute atomic E-state index is 6.43. The van der Waals surface area contributed by atoms with Crippen molar-refractivity contribution in [3.63, 3.8) is 0 Å². The lowest BCUT2D eigenvalue weighted by atomic mass is 9.80. The van der Waals surface area contributed by atoms with Crippen molar-refractivity contribution in [1.82, 2.24) is 5.32 Å². The van der Waals surface area contributed by atoms with Crippen molar-refractivity contribution < 1.29 is 0 Å². The molecule has 0 amide bonds. The van der Waals surface area contributed by atoms with E-state index in [9.17, 15) is 0 Å². The van der Waals surface area contributed by atoms with Gasteiger partial charge in [0, 0.05) is 23.6 Å². The zero-order valence-electron chi connectivity index (χ0n) is 38.0.